The van der Waals surface area contributed by atoms with Crippen molar-refractivity contribution in [3.8, 4) is 0 Å². The predicted octanol–water partition coefficient (Wildman–Crippen LogP) is 1.40. The molecule has 0 aliphatic carbocycles. The molecule has 1 aromatic heterocycles. The Hall–Kier alpha value is -1.67. The summed E-state index contributed by atoms with van der Waals surface area (Å²) in [5, 5.41) is 15.2. The van der Waals surface area contributed by atoms with Crippen LogP contribution in [0.3, 0.4) is 0 Å². The van der Waals surface area contributed by atoms with Crippen LogP contribution in [0.2, 0.25) is 0 Å². The van der Waals surface area contributed by atoms with E-state index in [2.05, 4.69) is 5.10 Å². The van der Waals surface area contributed by atoms with Gasteiger partial charge in [-0.3, -0.25) is 9.48 Å². The summed E-state index contributed by atoms with van der Waals surface area (Å²) in [6.07, 6.45) is 1.81. The number of fused-ring (bicyclic) bond motifs is 3. The van der Waals surface area contributed by atoms with Gasteiger partial charge in [0.05, 0.1) is 17.5 Å². The number of carboxylic acids is 1. The van der Waals surface area contributed by atoms with Crippen LogP contribution in [0.25, 0.3) is 6.08 Å². The van der Waals surface area contributed by atoms with Crippen LogP contribution in [0.4, 0.5) is 0 Å². The second-order valence-electron chi connectivity index (χ2n) is 5.28. The number of thioether (sulfide) groups is 2. The molecule has 4 heterocycles. The first kappa shape index (κ1) is 14.0. The first-order valence-electron chi connectivity index (χ1n) is 6.90. The number of aryl methyl sites for hydroxylation is 1. The molecule has 22 heavy (non-hydrogen) atoms. The van der Waals surface area contributed by atoms with Crippen molar-refractivity contribution in [2.24, 2.45) is 0 Å². The van der Waals surface area contributed by atoms with Crippen LogP contribution in [-0.4, -0.2) is 49.2 Å². The van der Waals surface area contributed by atoms with E-state index in [0.29, 0.717) is 12.1 Å². The van der Waals surface area contributed by atoms with Gasteiger partial charge in [0.15, 0.2) is 0 Å². The van der Waals surface area contributed by atoms with E-state index in [9.17, 15) is 9.59 Å². The lowest BCUT2D eigenvalue weighted by Crippen LogP contribution is -2.30. The third-order valence-electron chi connectivity index (χ3n) is 3.92. The summed E-state index contributed by atoms with van der Waals surface area (Å²) in [6, 6.07) is 2.01. The Balaban J connectivity index is 1.65. The number of aromatic nitrogens is 2. The summed E-state index contributed by atoms with van der Waals surface area (Å²) in [5.74, 6) is 0.722. The molecule has 1 fully saturated rings. The molecule has 1 N–H and O–H groups in total. The van der Waals surface area contributed by atoms with E-state index < -0.39 is 5.97 Å². The van der Waals surface area contributed by atoms with Gasteiger partial charge < -0.3 is 10.0 Å². The first-order valence-corrected chi connectivity index (χ1v) is 9.00. The SMILES string of the molecule is O=C(O)C1=CS[C@H]2CN1C(=O)C2=Cc1cc2n(n1)CCSC2. The predicted molar refractivity (Wildman–Crippen MR) is 85.2 cm³/mol. The van der Waals surface area contributed by atoms with Crippen LogP contribution in [0.1, 0.15) is 11.4 Å². The quantitative estimate of drug-likeness (QED) is 0.824. The van der Waals surface area contributed by atoms with Gasteiger partial charge in [0.25, 0.3) is 5.91 Å². The highest BCUT2D eigenvalue weighted by Crippen LogP contribution is 2.38. The normalized spacial score (nSPS) is 25.4. The Labute approximate surface area is 135 Å². The fourth-order valence-corrected chi connectivity index (χ4v) is 4.80. The van der Waals surface area contributed by atoms with Gasteiger partial charge in [0.1, 0.15) is 5.70 Å². The fourth-order valence-electron chi connectivity index (χ4n) is 2.84. The zero-order chi connectivity index (χ0) is 15.3. The molecule has 2 bridgehead atoms. The van der Waals surface area contributed by atoms with E-state index in [0.717, 1.165) is 23.7 Å². The molecule has 0 spiro atoms. The molecule has 1 saturated heterocycles. The largest absolute Gasteiger partial charge is 0.477 e. The number of aliphatic carboxylic acids is 1. The number of carboxylic acid groups (broad SMARTS) is 1. The maximum absolute atomic E-state index is 12.5. The number of carbonyl (C=O) groups is 2. The third-order valence-corrected chi connectivity index (χ3v) is 5.99. The number of nitrogens with zero attached hydrogens (tertiary/aromatic N) is 3. The second kappa shape index (κ2) is 5.20. The van der Waals surface area contributed by atoms with Crippen molar-refractivity contribution < 1.29 is 14.7 Å². The van der Waals surface area contributed by atoms with E-state index in [1.54, 1.807) is 5.41 Å². The van der Waals surface area contributed by atoms with Crippen molar-refractivity contribution in [2.45, 2.75) is 17.5 Å². The summed E-state index contributed by atoms with van der Waals surface area (Å²) < 4.78 is 1.99. The molecular formula is C14H13N3O3S2. The van der Waals surface area contributed by atoms with Crippen molar-refractivity contribution in [3.05, 3.63) is 34.1 Å². The zero-order valence-corrected chi connectivity index (χ0v) is 13.2. The summed E-state index contributed by atoms with van der Waals surface area (Å²) in [5.41, 5.74) is 2.66. The minimum Gasteiger partial charge on any atom is -0.477 e. The molecule has 1 atom stereocenters. The number of hydrogen-bond donors (Lipinski definition) is 1. The number of carbonyl (C=O) groups excluding carboxylic acids is 1. The maximum atomic E-state index is 12.5. The summed E-state index contributed by atoms with van der Waals surface area (Å²) in [7, 11) is 0. The molecule has 114 valence electrons. The van der Waals surface area contributed by atoms with Gasteiger partial charge in [-0.1, -0.05) is 0 Å². The van der Waals surface area contributed by atoms with E-state index >= 15 is 0 Å². The van der Waals surface area contributed by atoms with Crippen LogP contribution in [0, 0.1) is 0 Å². The maximum Gasteiger partial charge on any atom is 0.353 e. The van der Waals surface area contributed by atoms with Gasteiger partial charge in [-0.2, -0.15) is 16.9 Å². The van der Waals surface area contributed by atoms with Crippen LogP contribution < -0.4 is 0 Å². The average molecular weight is 335 g/mol. The van der Waals surface area contributed by atoms with Gasteiger partial charge in [-0.25, -0.2) is 4.79 Å². The topological polar surface area (TPSA) is 75.4 Å². The van der Waals surface area contributed by atoms with Crippen molar-refractivity contribution >= 4 is 41.5 Å². The van der Waals surface area contributed by atoms with Crippen LogP contribution >= 0.6 is 23.5 Å². The van der Waals surface area contributed by atoms with Gasteiger partial charge in [-0.05, 0) is 12.1 Å². The van der Waals surface area contributed by atoms with E-state index in [-0.39, 0.29) is 16.9 Å². The highest BCUT2D eigenvalue weighted by molar-refractivity contribution is 8.03. The van der Waals surface area contributed by atoms with Crippen molar-refractivity contribution in [1.29, 1.82) is 0 Å². The lowest BCUT2D eigenvalue weighted by Gasteiger charge is -2.19. The van der Waals surface area contributed by atoms with Crippen LogP contribution in [-0.2, 0) is 21.9 Å². The molecule has 0 saturated carbocycles. The van der Waals surface area contributed by atoms with Crippen molar-refractivity contribution in [2.75, 3.05) is 12.3 Å². The summed E-state index contributed by atoms with van der Waals surface area (Å²) >= 11 is 3.27. The Morgan fingerprint density at radius 2 is 2.36 bits per heavy atom. The molecule has 3 aliphatic heterocycles. The lowest BCUT2D eigenvalue weighted by molar-refractivity contribution is -0.137. The molecule has 0 radical (unpaired) electrons. The Morgan fingerprint density at radius 3 is 3.14 bits per heavy atom. The van der Waals surface area contributed by atoms with Gasteiger partial charge >= 0.3 is 5.97 Å². The number of hydrogen-bond acceptors (Lipinski definition) is 5. The number of rotatable bonds is 2. The Bertz CT molecular complexity index is 714. The third kappa shape index (κ3) is 2.17. The summed E-state index contributed by atoms with van der Waals surface area (Å²) in [6.45, 7) is 1.32. The van der Waals surface area contributed by atoms with Crippen molar-refractivity contribution in [1.82, 2.24) is 14.7 Å². The molecule has 1 amide bonds. The minimum atomic E-state index is -1.06. The minimum absolute atomic E-state index is 0.0105. The highest BCUT2D eigenvalue weighted by Gasteiger charge is 2.42. The average Bonchev–Trinajstić information content (AvgIpc) is 3.02. The van der Waals surface area contributed by atoms with E-state index in [1.165, 1.54) is 22.4 Å². The first-order chi connectivity index (χ1) is 10.6. The van der Waals surface area contributed by atoms with E-state index in [1.807, 2.05) is 28.6 Å². The zero-order valence-electron chi connectivity index (χ0n) is 11.6. The highest BCUT2D eigenvalue weighted by atomic mass is 32.2. The second-order valence-corrected chi connectivity index (χ2v) is 7.47. The molecule has 6 nitrogen and oxygen atoms in total. The fraction of sp³-hybridized carbons (Fsp3) is 0.357. The molecule has 0 unspecified atom stereocenters. The Kier molecular flexibility index (Phi) is 3.30. The molecular weight excluding hydrogens is 322 g/mol. The van der Waals surface area contributed by atoms with Gasteiger partial charge in [0.2, 0.25) is 0 Å². The van der Waals surface area contributed by atoms with Gasteiger partial charge in [-0.15, -0.1) is 11.8 Å². The monoisotopic (exact) mass is 335 g/mol. The Morgan fingerprint density at radius 1 is 1.50 bits per heavy atom. The van der Waals surface area contributed by atoms with Crippen molar-refractivity contribution in [3.63, 3.8) is 0 Å². The molecule has 0 aromatic carbocycles. The van der Waals surface area contributed by atoms with Crippen LogP contribution in [0.15, 0.2) is 22.7 Å². The molecule has 1 aromatic rings. The molecule has 4 rings (SSSR count). The molecule has 3 aliphatic rings. The smallest absolute Gasteiger partial charge is 0.353 e. The standard InChI is InChI=1S/C14H13N3O3S2/c18-13-10(12-5-16(13)11(7-22-12)14(19)20)4-8-3-9-6-21-2-1-17(9)15-8/h3-4,7,12H,1-2,5-6H2,(H,19,20)/t12-/m0/s1. The summed E-state index contributed by atoms with van der Waals surface area (Å²) in [4.78, 5) is 25.0. The van der Waals surface area contributed by atoms with E-state index in [4.69, 9.17) is 5.11 Å². The molecule has 8 heteroatoms. The van der Waals surface area contributed by atoms with Crippen LogP contribution in [0.5, 0.6) is 0 Å². The van der Waals surface area contributed by atoms with Gasteiger partial charge in [0, 0.05) is 34.7 Å². The lowest BCUT2D eigenvalue weighted by atomic mass is 10.2. The number of amides is 1.